The van der Waals surface area contributed by atoms with Gasteiger partial charge in [-0.15, -0.1) is 0 Å². The van der Waals surface area contributed by atoms with Gasteiger partial charge in [0.15, 0.2) is 0 Å². The zero-order chi connectivity index (χ0) is 55.5. The maximum Gasteiger partial charge on any atom is 0.331 e. The number of amides is 5. The first-order valence-electron chi connectivity index (χ1n) is 25.0. The number of nitrogens with two attached hydrogens (primary N) is 1. The second-order valence-electron chi connectivity index (χ2n) is 19.7. The Labute approximate surface area is 458 Å². The van der Waals surface area contributed by atoms with E-state index in [1.807, 2.05) is 60.7 Å². The molecular formula is C60H53Cl2F2N5O9. The molecule has 5 N–H and O–H groups in total. The Morgan fingerprint density at radius 3 is 1.40 bits per heavy atom. The number of para-hydroxylation sites is 2. The molecule has 4 aliphatic rings. The first-order valence-corrected chi connectivity index (χ1v) is 25.8. The standard InChI is InChI=1S/C30H27ClFN3O4.C30H26ClFN2O5/c1-39-26-14-18(6-9-24(26)34-28(37)22-15-21(32)7-8-23(22)31)29(38)35-13-12-30(11-10-20(17-30)27(33)36)16-19-4-2-3-5-25(19)35;1-39-26-14-18(6-9-24(26)33-27(35)22-15-21(32)7-8-23(22)31)28(36)34-13-12-30(11-10-20(17-30)29(37)38)16-19-4-2-3-5-25(19)34/h2-9,14-15,17H,10-13,16H2,1H3,(H2,33,36)(H,34,37);2-9,14-15,17H,10-13,16H2,1H3,(H,33,35)(H,37,38)/t2*30-/m00/s1. The lowest BCUT2D eigenvalue weighted by molar-refractivity contribution is -0.132. The van der Waals surface area contributed by atoms with Gasteiger partial charge in [-0.25, -0.2) is 13.6 Å². The SMILES string of the molecule is COc1cc(C(=O)N2CC[C@]3(C=C(C(=O)O)CC3)Cc3ccccc32)ccc1NC(=O)c1cc(F)ccc1Cl.COc1cc(C(=O)N2CC[C@]3(C=C(C(N)=O)CC3)Cc3ccccc32)ccc1NC(=O)c1cc(F)ccc1Cl. The van der Waals surface area contributed by atoms with E-state index in [9.17, 15) is 42.7 Å². The van der Waals surface area contributed by atoms with Gasteiger partial charge in [-0.1, -0.05) is 71.8 Å². The number of carboxylic acid groups (broad SMARTS) is 1. The summed E-state index contributed by atoms with van der Waals surface area (Å²) in [5.41, 5.74) is 11.0. The highest BCUT2D eigenvalue weighted by atomic mass is 35.5. The first kappa shape index (κ1) is 54.4. The van der Waals surface area contributed by atoms with Gasteiger partial charge < -0.3 is 40.7 Å². The van der Waals surface area contributed by atoms with Crippen LogP contribution in [0.4, 0.5) is 31.5 Å². The van der Waals surface area contributed by atoms with Gasteiger partial charge >= 0.3 is 5.97 Å². The molecule has 2 aliphatic heterocycles. The van der Waals surface area contributed by atoms with Crippen LogP contribution in [0.15, 0.2) is 145 Å². The summed E-state index contributed by atoms with van der Waals surface area (Å²) in [6.07, 6.45) is 9.24. The fourth-order valence-electron chi connectivity index (χ4n) is 10.8. The molecule has 6 aromatic carbocycles. The number of methoxy groups -OCH3 is 2. The number of carboxylic acids is 1. The van der Waals surface area contributed by atoms with Gasteiger partial charge in [0.05, 0.1) is 46.8 Å². The summed E-state index contributed by atoms with van der Waals surface area (Å²) < 4.78 is 38.3. The van der Waals surface area contributed by atoms with Crippen LogP contribution < -0.4 is 35.6 Å². The van der Waals surface area contributed by atoms with Crippen LogP contribution in [0.3, 0.4) is 0 Å². The topological polar surface area (TPSA) is 198 Å². The second-order valence-corrected chi connectivity index (χ2v) is 20.6. The van der Waals surface area contributed by atoms with Gasteiger partial charge in [-0.3, -0.25) is 24.0 Å². The number of hydrogen-bond acceptors (Lipinski definition) is 8. The van der Waals surface area contributed by atoms with E-state index in [0.717, 1.165) is 53.5 Å². The summed E-state index contributed by atoms with van der Waals surface area (Å²) in [5, 5.41) is 15.1. The number of fused-ring (bicyclic) bond motifs is 2. The maximum atomic E-state index is 13.8. The number of carbonyl (C=O) groups is 6. The molecule has 6 aromatic rings. The van der Waals surface area contributed by atoms with Crippen LogP contribution in [0.25, 0.3) is 0 Å². The number of primary amides is 1. The van der Waals surface area contributed by atoms with Gasteiger partial charge in [-0.2, -0.15) is 0 Å². The second kappa shape index (κ2) is 22.7. The third-order valence-electron chi connectivity index (χ3n) is 14.9. The Morgan fingerprint density at radius 1 is 0.577 bits per heavy atom. The molecule has 400 valence electrons. The molecule has 2 heterocycles. The number of ether oxygens (including phenoxy) is 2. The lowest BCUT2D eigenvalue weighted by Gasteiger charge is -2.26. The highest BCUT2D eigenvalue weighted by Crippen LogP contribution is 2.48. The van der Waals surface area contributed by atoms with Gasteiger partial charge in [0.25, 0.3) is 23.6 Å². The molecule has 0 radical (unpaired) electrons. The summed E-state index contributed by atoms with van der Waals surface area (Å²) in [7, 11) is 2.86. The molecule has 18 heteroatoms. The minimum atomic E-state index is -0.892. The number of allylic oxidation sites excluding steroid dienone is 2. The molecule has 10 rings (SSSR count). The van der Waals surface area contributed by atoms with Crippen LogP contribution in [-0.2, 0) is 22.4 Å². The molecule has 14 nitrogen and oxygen atoms in total. The van der Waals surface area contributed by atoms with E-state index in [1.165, 1.54) is 32.4 Å². The van der Waals surface area contributed by atoms with Crippen molar-refractivity contribution in [3.63, 3.8) is 0 Å². The zero-order valence-electron chi connectivity index (χ0n) is 42.5. The minimum Gasteiger partial charge on any atom is -0.495 e. The molecule has 78 heavy (non-hydrogen) atoms. The molecule has 0 bridgehead atoms. The Morgan fingerprint density at radius 2 is 1.00 bits per heavy atom. The van der Waals surface area contributed by atoms with Crippen molar-refractivity contribution in [3.8, 4) is 11.5 Å². The van der Waals surface area contributed by atoms with Crippen LogP contribution in [-0.4, -0.2) is 67.9 Å². The minimum absolute atomic E-state index is 0.0190. The zero-order valence-corrected chi connectivity index (χ0v) is 44.0. The van der Waals surface area contributed by atoms with Crippen LogP contribution in [0.2, 0.25) is 10.0 Å². The fraction of sp³-hybridized carbons (Fsp3) is 0.233. The molecule has 0 unspecified atom stereocenters. The molecule has 0 fully saturated rings. The Kier molecular flexibility index (Phi) is 15.8. The molecule has 2 aliphatic carbocycles. The summed E-state index contributed by atoms with van der Waals surface area (Å²) >= 11 is 12.1. The number of nitrogens with zero attached hydrogens (tertiary/aromatic N) is 2. The molecule has 5 amide bonds. The third kappa shape index (κ3) is 11.5. The monoisotopic (exact) mass is 1100 g/mol. The predicted molar refractivity (Wildman–Crippen MR) is 294 cm³/mol. The van der Waals surface area contributed by atoms with E-state index in [0.29, 0.717) is 85.3 Å². The first-order chi connectivity index (χ1) is 37.4. The van der Waals surface area contributed by atoms with Crippen molar-refractivity contribution in [3.05, 3.63) is 200 Å². The largest absolute Gasteiger partial charge is 0.495 e. The molecule has 0 saturated heterocycles. The van der Waals surface area contributed by atoms with Crippen LogP contribution in [0.5, 0.6) is 11.5 Å². The molecule has 0 aromatic heterocycles. The van der Waals surface area contributed by atoms with Crippen molar-refractivity contribution in [1.82, 2.24) is 0 Å². The average molecular weight is 1100 g/mol. The van der Waals surface area contributed by atoms with E-state index in [2.05, 4.69) is 10.6 Å². The van der Waals surface area contributed by atoms with E-state index in [4.69, 9.17) is 38.4 Å². The maximum absolute atomic E-state index is 13.8. The van der Waals surface area contributed by atoms with Crippen molar-refractivity contribution in [2.24, 2.45) is 16.6 Å². The summed E-state index contributed by atoms with van der Waals surface area (Å²) in [5.74, 6) is -3.63. The van der Waals surface area contributed by atoms with Crippen molar-refractivity contribution >= 4 is 81.5 Å². The van der Waals surface area contributed by atoms with Crippen molar-refractivity contribution in [1.29, 1.82) is 0 Å². The van der Waals surface area contributed by atoms with E-state index < -0.39 is 35.3 Å². The number of benzene rings is 6. The number of rotatable bonds is 10. The van der Waals surface area contributed by atoms with Crippen molar-refractivity contribution in [2.75, 3.05) is 47.7 Å². The Bertz CT molecular complexity index is 3270. The number of nitrogens with one attached hydrogen (secondary N) is 2. The highest BCUT2D eigenvalue weighted by Gasteiger charge is 2.41. The number of hydrogen-bond donors (Lipinski definition) is 4. The normalized spacial score (nSPS) is 18.2. The Hall–Kier alpha value is -8.34. The van der Waals surface area contributed by atoms with E-state index in [1.54, 1.807) is 46.2 Å². The average Bonchev–Trinajstić information content (AvgIpc) is 3.97. The van der Waals surface area contributed by atoms with Crippen molar-refractivity contribution in [2.45, 2.75) is 51.4 Å². The van der Waals surface area contributed by atoms with Crippen molar-refractivity contribution < 1.29 is 52.1 Å². The summed E-state index contributed by atoms with van der Waals surface area (Å²) in [6.45, 7) is 0.870. The predicted octanol–water partition coefficient (Wildman–Crippen LogP) is 11.6. The van der Waals surface area contributed by atoms with E-state index >= 15 is 0 Å². The summed E-state index contributed by atoms with van der Waals surface area (Å²) in [4.78, 5) is 80.0. The van der Waals surface area contributed by atoms with Gasteiger partial charge in [0, 0.05) is 46.7 Å². The molecule has 2 spiro atoms. The fourth-order valence-corrected chi connectivity index (χ4v) is 11.2. The number of anilines is 4. The Balaban J connectivity index is 0.000000190. The molecule has 2 atom stereocenters. The third-order valence-corrected chi connectivity index (χ3v) is 15.5. The van der Waals surface area contributed by atoms with Gasteiger partial charge in [0.2, 0.25) is 5.91 Å². The van der Waals surface area contributed by atoms with E-state index in [-0.39, 0.29) is 55.3 Å². The van der Waals surface area contributed by atoms with Gasteiger partial charge in [-0.05, 0) is 158 Å². The number of aliphatic carboxylic acids is 1. The lowest BCUT2D eigenvalue weighted by atomic mass is 9.79. The smallest absolute Gasteiger partial charge is 0.331 e. The highest BCUT2D eigenvalue weighted by molar-refractivity contribution is 6.35. The quantitative estimate of drug-likeness (QED) is 0.103. The van der Waals surface area contributed by atoms with Crippen LogP contribution in [0, 0.1) is 22.5 Å². The van der Waals surface area contributed by atoms with Crippen LogP contribution in [0.1, 0.15) is 91.1 Å². The molecule has 0 saturated carbocycles. The number of carbonyl (C=O) groups excluding carboxylic acids is 5. The van der Waals surface area contributed by atoms with Crippen LogP contribution >= 0.6 is 23.2 Å². The lowest BCUT2D eigenvalue weighted by Crippen LogP contribution is -2.33. The molecular weight excluding hydrogens is 1040 g/mol. The number of halogens is 4. The summed E-state index contributed by atoms with van der Waals surface area (Å²) in [6, 6.07) is 31.9. The van der Waals surface area contributed by atoms with Gasteiger partial charge in [0.1, 0.15) is 23.1 Å².